The SMILES string of the molecule is Cc1ccc(C)n1-c1c(O)ccc2ccccc12. The topological polar surface area (TPSA) is 25.2 Å². The van der Waals surface area contributed by atoms with E-state index in [0.29, 0.717) is 5.75 Å². The van der Waals surface area contributed by atoms with Gasteiger partial charge in [-0.05, 0) is 37.4 Å². The third-order valence-corrected chi connectivity index (χ3v) is 3.37. The van der Waals surface area contributed by atoms with E-state index in [2.05, 4.69) is 22.8 Å². The Kier molecular flexibility index (Phi) is 2.37. The number of fused-ring (bicyclic) bond motifs is 1. The Hall–Kier alpha value is -2.22. The first-order valence-electron chi connectivity index (χ1n) is 6.04. The van der Waals surface area contributed by atoms with Crippen LogP contribution in [0.1, 0.15) is 11.4 Å². The number of aryl methyl sites for hydroxylation is 2. The smallest absolute Gasteiger partial charge is 0.140 e. The maximum absolute atomic E-state index is 10.2. The van der Waals surface area contributed by atoms with Gasteiger partial charge in [0.2, 0.25) is 0 Å². The average Bonchev–Trinajstić information content (AvgIpc) is 2.70. The molecule has 0 radical (unpaired) electrons. The van der Waals surface area contributed by atoms with Crippen molar-refractivity contribution in [1.29, 1.82) is 0 Å². The number of phenolic OH excluding ortho intramolecular Hbond substituents is 1. The van der Waals surface area contributed by atoms with E-state index in [1.807, 2.05) is 38.1 Å². The molecule has 3 aromatic rings. The summed E-state index contributed by atoms with van der Waals surface area (Å²) >= 11 is 0. The summed E-state index contributed by atoms with van der Waals surface area (Å²) in [5, 5.41) is 12.4. The van der Waals surface area contributed by atoms with Gasteiger partial charge in [-0.2, -0.15) is 0 Å². The zero-order valence-electron chi connectivity index (χ0n) is 10.5. The second kappa shape index (κ2) is 3.91. The lowest BCUT2D eigenvalue weighted by molar-refractivity contribution is 0.472. The summed E-state index contributed by atoms with van der Waals surface area (Å²) in [5.74, 6) is 0.316. The highest BCUT2D eigenvalue weighted by molar-refractivity contribution is 5.93. The quantitative estimate of drug-likeness (QED) is 0.681. The maximum atomic E-state index is 10.2. The fourth-order valence-electron chi connectivity index (χ4n) is 2.50. The largest absolute Gasteiger partial charge is 0.506 e. The highest BCUT2D eigenvalue weighted by atomic mass is 16.3. The lowest BCUT2D eigenvalue weighted by Gasteiger charge is -2.14. The summed E-state index contributed by atoms with van der Waals surface area (Å²) in [5.41, 5.74) is 3.12. The van der Waals surface area contributed by atoms with Gasteiger partial charge in [0, 0.05) is 16.8 Å². The van der Waals surface area contributed by atoms with Crippen LogP contribution in [0.25, 0.3) is 16.5 Å². The van der Waals surface area contributed by atoms with Gasteiger partial charge in [0.05, 0.1) is 5.69 Å². The summed E-state index contributed by atoms with van der Waals surface area (Å²) in [4.78, 5) is 0. The fraction of sp³-hybridized carbons (Fsp3) is 0.125. The molecular formula is C16H15NO. The molecule has 0 saturated carbocycles. The van der Waals surface area contributed by atoms with E-state index < -0.39 is 0 Å². The van der Waals surface area contributed by atoms with Gasteiger partial charge >= 0.3 is 0 Å². The molecule has 3 rings (SSSR count). The van der Waals surface area contributed by atoms with Crippen molar-refractivity contribution in [3.63, 3.8) is 0 Å². The minimum atomic E-state index is 0.316. The zero-order chi connectivity index (χ0) is 12.7. The third kappa shape index (κ3) is 1.50. The Labute approximate surface area is 106 Å². The molecular weight excluding hydrogens is 222 g/mol. The average molecular weight is 237 g/mol. The molecule has 0 spiro atoms. The molecule has 1 heterocycles. The third-order valence-electron chi connectivity index (χ3n) is 3.37. The summed E-state index contributed by atoms with van der Waals surface area (Å²) < 4.78 is 2.09. The summed E-state index contributed by atoms with van der Waals surface area (Å²) in [7, 11) is 0. The molecule has 0 aliphatic carbocycles. The first-order valence-corrected chi connectivity index (χ1v) is 6.04. The van der Waals surface area contributed by atoms with Gasteiger partial charge in [0.1, 0.15) is 5.75 Å². The molecule has 1 N–H and O–H groups in total. The van der Waals surface area contributed by atoms with Crippen LogP contribution in [0.3, 0.4) is 0 Å². The van der Waals surface area contributed by atoms with Crippen LogP contribution < -0.4 is 0 Å². The number of benzene rings is 2. The van der Waals surface area contributed by atoms with Gasteiger partial charge in [-0.25, -0.2) is 0 Å². The molecule has 0 saturated heterocycles. The Bertz CT molecular complexity index is 706. The number of nitrogens with zero attached hydrogens (tertiary/aromatic N) is 1. The van der Waals surface area contributed by atoms with E-state index >= 15 is 0 Å². The number of hydrogen-bond acceptors (Lipinski definition) is 1. The highest BCUT2D eigenvalue weighted by Gasteiger charge is 2.12. The Morgan fingerprint density at radius 1 is 0.833 bits per heavy atom. The molecule has 0 amide bonds. The lowest BCUT2D eigenvalue weighted by atomic mass is 10.1. The lowest BCUT2D eigenvalue weighted by Crippen LogP contribution is -2.00. The summed E-state index contributed by atoms with van der Waals surface area (Å²) in [6.07, 6.45) is 0. The molecule has 0 aliphatic rings. The van der Waals surface area contributed by atoms with Crippen LogP contribution in [-0.4, -0.2) is 9.67 Å². The second-order valence-corrected chi connectivity index (χ2v) is 4.61. The molecule has 0 atom stereocenters. The number of hydrogen-bond donors (Lipinski definition) is 1. The Morgan fingerprint density at radius 3 is 2.22 bits per heavy atom. The molecule has 2 aromatic carbocycles. The number of phenols is 1. The van der Waals surface area contributed by atoms with E-state index in [4.69, 9.17) is 0 Å². The van der Waals surface area contributed by atoms with Gasteiger partial charge in [-0.3, -0.25) is 0 Å². The van der Waals surface area contributed by atoms with Crippen molar-refractivity contribution in [2.45, 2.75) is 13.8 Å². The monoisotopic (exact) mass is 237 g/mol. The maximum Gasteiger partial charge on any atom is 0.140 e. The molecule has 0 bridgehead atoms. The Balaban J connectivity index is 2.45. The van der Waals surface area contributed by atoms with Gasteiger partial charge in [0.25, 0.3) is 0 Å². The van der Waals surface area contributed by atoms with E-state index in [1.54, 1.807) is 6.07 Å². The standard InChI is InChI=1S/C16H15NO/c1-11-7-8-12(2)17(11)16-14-6-4-3-5-13(14)9-10-15(16)18/h3-10,18H,1-2H3. The van der Waals surface area contributed by atoms with E-state index in [9.17, 15) is 5.11 Å². The molecule has 2 heteroatoms. The van der Waals surface area contributed by atoms with Gasteiger partial charge < -0.3 is 9.67 Å². The van der Waals surface area contributed by atoms with Crippen LogP contribution >= 0.6 is 0 Å². The zero-order valence-corrected chi connectivity index (χ0v) is 10.5. The summed E-state index contributed by atoms with van der Waals surface area (Å²) in [6.45, 7) is 4.10. The van der Waals surface area contributed by atoms with Crippen LogP contribution in [0.5, 0.6) is 5.75 Å². The predicted octanol–water partition coefficient (Wildman–Crippen LogP) is 3.95. The molecule has 2 nitrogen and oxygen atoms in total. The normalized spacial score (nSPS) is 11.0. The number of aromatic nitrogens is 1. The highest BCUT2D eigenvalue weighted by Crippen LogP contribution is 2.32. The molecule has 0 unspecified atom stereocenters. The van der Waals surface area contributed by atoms with Crippen LogP contribution in [0.15, 0.2) is 48.5 Å². The van der Waals surface area contributed by atoms with Crippen molar-refractivity contribution in [1.82, 2.24) is 4.57 Å². The predicted molar refractivity (Wildman–Crippen MR) is 74.4 cm³/mol. The molecule has 0 aliphatic heterocycles. The Morgan fingerprint density at radius 2 is 1.50 bits per heavy atom. The van der Waals surface area contributed by atoms with Crippen molar-refractivity contribution in [2.24, 2.45) is 0 Å². The number of aromatic hydroxyl groups is 1. The van der Waals surface area contributed by atoms with E-state index in [1.165, 1.54) is 0 Å². The van der Waals surface area contributed by atoms with E-state index in [-0.39, 0.29) is 0 Å². The van der Waals surface area contributed by atoms with Crippen LogP contribution in [-0.2, 0) is 0 Å². The minimum absolute atomic E-state index is 0.316. The van der Waals surface area contributed by atoms with Crippen molar-refractivity contribution in [3.05, 3.63) is 59.9 Å². The van der Waals surface area contributed by atoms with Crippen molar-refractivity contribution >= 4 is 10.8 Å². The van der Waals surface area contributed by atoms with Crippen molar-refractivity contribution in [2.75, 3.05) is 0 Å². The number of rotatable bonds is 1. The first kappa shape index (κ1) is 10.9. The molecule has 1 aromatic heterocycles. The molecule has 0 fully saturated rings. The molecule has 90 valence electrons. The second-order valence-electron chi connectivity index (χ2n) is 4.61. The first-order chi connectivity index (χ1) is 8.68. The summed E-state index contributed by atoms with van der Waals surface area (Å²) in [6, 6.07) is 16.0. The van der Waals surface area contributed by atoms with E-state index in [0.717, 1.165) is 27.8 Å². The fourth-order valence-corrected chi connectivity index (χ4v) is 2.50. The van der Waals surface area contributed by atoms with Crippen LogP contribution in [0.4, 0.5) is 0 Å². The van der Waals surface area contributed by atoms with Gasteiger partial charge in [-0.15, -0.1) is 0 Å². The van der Waals surface area contributed by atoms with Crippen molar-refractivity contribution < 1.29 is 5.11 Å². The van der Waals surface area contributed by atoms with Gasteiger partial charge in [0.15, 0.2) is 0 Å². The van der Waals surface area contributed by atoms with Crippen LogP contribution in [0, 0.1) is 13.8 Å². The van der Waals surface area contributed by atoms with Crippen LogP contribution in [0.2, 0.25) is 0 Å². The minimum Gasteiger partial charge on any atom is -0.506 e. The van der Waals surface area contributed by atoms with Gasteiger partial charge in [-0.1, -0.05) is 30.3 Å². The van der Waals surface area contributed by atoms with Crippen molar-refractivity contribution in [3.8, 4) is 11.4 Å². The molecule has 18 heavy (non-hydrogen) atoms.